The summed E-state index contributed by atoms with van der Waals surface area (Å²) in [5.41, 5.74) is 1.15. The lowest BCUT2D eigenvalue weighted by Gasteiger charge is -2.14. The maximum absolute atomic E-state index is 12.8. The number of nitrogens with zero attached hydrogens (tertiary/aromatic N) is 1. The van der Waals surface area contributed by atoms with Crippen LogP contribution in [0.4, 0.5) is 18.9 Å². The van der Waals surface area contributed by atoms with Crippen molar-refractivity contribution in [1.82, 2.24) is 4.57 Å². The molecule has 1 heterocycles. The summed E-state index contributed by atoms with van der Waals surface area (Å²) in [6, 6.07) is 18.3. The molecule has 0 radical (unpaired) electrons. The summed E-state index contributed by atoms with van der Waals surface area (Å²) in [6.07, 6.45) is -4.82. The van der Waals surface area contributed by atoms with Crippen molar-refractivity contribution in [3.05, 3.63) is 83.0 Å². The highest BCUT2D eigenvalue weighted by Gasteiger charge is 2.31. The summed E-state index contributed by atoms with van der Waals surface area (Å²) in [5, 5.41) is 3.31. The minimum absolute atomic E-state index is 0.151. The molecule has 4 aromatic rings. The second-order valence-electron chi connectivity index (χ2n) is 7.23. The number of alkyl halides is 3. The Bertz CT molecular complexity index is 1370. The van der Waals surface area contributed by atoms with E-state index in [1.54, 1.807) is 53.1 Å². The lowest BCUT2D eigenvalue weighted by Crippen LogP contribution is -2.24. The van der Waals surface area contributed by atoms with Gasteiger partial charge in [-0.3, -0.25) is 14.4 Å². The smallest absolute Gasteiger partial charge is 0.454 e. The molecule has 0 aliphatic heterocycles. The number of benzene rings is 3. The van der Waals surface area contributed by atoms with Crippen molar-refractivity contribution in [2.45, 2.75) is 12.9 Å². The number of hydrogen-bond acceptors (Lipinski definition) is 5. The number of carbonyl (C=O) groups is 2. The Balaban J connectivity index is 1.43. The maximum Gasteiger partial charge on any atom is 0.573 e. The van der Waals surface area contributed by atoms with Crippen molar-refractivity contribution in [3.8, 4) is 5.75 Å². The van der Waals surface area contributed by atoms with Gasteiger partial charge in [-0.15, -0.1) is 13.2 Å². The van der Waals surface area contributed by atoms with E-state index in [9.17, 15) is 27.6 Å². The first-order valence-electron chi connectivity index (χ1n) is 10.0. The van der Waals surface area contributed by atoms with E-state index in [2.05, 4.69) is 10.1 Å². The van der Waals surface area contributed by atoms with Gasteiger partial charge >= 0.3 is 12.3 Å². The SMILES string of the molecule is O=C(COC(=O)Cn1c2ccccc2c(=O)c2ccccc21)Nc1ccc(OC(F)(F)F)cc1. The van der Waals surface area contributed by atoms with Gasteiger partial charge in [0.15, 0.2) is 12.0 Å². The van der Waals surface area contributed by atoms with Crippen molar-refractivity contribution >= 4 is 39.4 Å². The number of hydrogen-bond donors (Lipinski definition) is 1. The first-order chi connectivity index (χ1) is 16.2. The number of halogens is 3. The van der Waals surface area contributed by atoms with Crippen LogP contribution in [0.2, 0.25) is 0 Å². The molecule has 0 spiro atoms. The number of nitrogens with one attached hydrogen (secondary N) is 1. The van der Waals surface area contributed by atoms with E-state index in [4.69, 9.17) is 4.74 Å². The van der Waals surface area contributed by atoms with E-state index in [-0.39, 0.29) is 17.7 Å². The molecule has 10 heteroatoms. The molecule has 1 amide bonds. The predicted molar refractivity (Wildman–Crippen MR) is 118 cm³/mol. The molecule has 174 valence electrons. The molecule has 0 bridgehead atoms. The molecule has 3 aromatic carbocycles. The third-order valence-electron chi connectivity index (χ3n) is 4.90. The van der Waals surface area contributed by atoms with Gasteiger partial charge in [-0.25, -0.2) is 0 Å². The number of fused-ring (bicyclic) bond motifs is 2. The topological polar surface area (TPSA) is 86.6 Å². The number of aromatic nitrogens is 1. The standard InChI is InChI=1S/C24H17F3N2O5/c25-24(26,27)34-16-11-9-15(10-12-16)28-21(30)14-33-22(31)13-29-19-7-3-1-5-17(19)23(32)18-6-2-4-8-20(18)29/h1-12H,13-14H2,(H,28,30). The number of rotatable bonds is 6. The minimum Gasteiger partial charge on any atom is -0.454 e. The average Bonchev–Trinajstić information content (AvgIpc) is 2.81. The Kier molecular flexibility index (Phi) is 6.22. The summed E-state index contributed by atoms with van der Waals surface area (Å²) >= 11 is 0. The van der Waals surface area contributed by atoms with Crippen molar-refractivity contribution in [3.63, 3.8) is 0 Å². The Hall–Kier alpha value is -4.34. The monoisotopic (exact) mass is 470 g/mol. The summed E-state index contributed by atoms with van der Waals surface area (Å²) in [5.74, 6) is -1.81. The van der Waals surface area contributed by atoms with Gasteiger partial charge < -0.3 is 19.4 Å². The molecule has 4 rings (SSSR count). The van der Waals surface area contributed by atoms with Gasteiger partial charge in [0.2, 0.25) is 0 Å². The number of amides is 1. The molecule has 0 saturated carbocycles. The lowest BCUT2D eigenvalue weighted by atomic mass is 10.1. The largest absolute Gasteiger partial charge is 0.573 e. The van der Waals surface area contributed by atoms with Gasteiger partial charge in [0.25, 0.3) is 5.91 Å². The van der Waals surface area contributed by atoms with Gasteiger partial charge in [0, 0.05) is 16.5 Å². The van der Waals surface area contributed by atoms with Crippen LogP contribution in [0.3, 0.4) is 0 Å². The highest BCUT2D eigenvalue weighted by atomic mass is 19.4. The van der Waals surface area contributed by atoms with E-state index in [0.717, 1.165) is 12.1 Å². The molecule has 0 saturated heterocycles. The Labute approximate surface area is 190 Å². The van der Waals surface area contributed by atoms with Crippen molar-refractivity contribution in [2.24, 2.45) is 0 Å². The van der Waals surface area contributed by atoms with Crippen LogP contribution >= 0.6 is 0 Å². The quantitative estimate of drug-likeness (QED) is 0.337. The number of esters is 1. The van der Waals surface area contributed by atoms with Crippen LogP contribution < -0.4 is 15.5 Å². The van der Waals surface area contributed by atoms with E-state index in [1.165, 1.54) is 12.1 Å². The fourth-order valence-corrected chi connectivity index (χ4v) is 3.51. The number of ether oxygens (including phenoxy) is 2. The van der Waals surface area contributed by atoms with Gasteiger partial charge in [0.1, 0.15) is 12.3 Å². The lowest BCUT2D eigenvalue weighted by molar-refractivity contribution is -0.274. The van der Waals surface area contributed by atoms with Crippen molar-refractivity contribution in [1.29, 1.82) is 0 Å². The van der Waals surface area contributed by atoms with Crippen LogP contribution in [0.25, 0.3) is 21.8 Å². The molecule has 7 nitrogen and oxygen atoms in total. The summed E-state index contributed by atoms with van der Waals surface area (Å²) in [4.78, 5) is 37.4. The van der Waals surface area contributed by atoms with Crippen molar-refractivity contribution < 1.29 is 32.2 Å². The zero-order valence-corrected chi connectivity index (χ0v) is 17.5. The maximum atomic E-state index is 12.8. The minimum atomic E-state index is -4.82. The van der Waals surface area contributed by atoms with E-state index >= 15 is 0 Å². The molecular formula is C24H17F3N2O5. The zero-order chi connectivity index (χ0) is 24.3. The molecule has 0 unspecified atom stereocenters. The summed E-state index contributed by atoms with van der Waals surface area (Å²) < 4.78 is 47.1. The fraction of sp³-hybridized carbons (Fsp3) is 0.125. The van der Waals surface area contributed by atoms with Crippen LogP contribution in [0.1, 0.15) is 0 Å². The van der Waals surface area contributed by atoms with E-state index < -0.39 is 30.6 Å². The van der Waals surface area contributed by atoms with Crippen LogP contribution in [-0.4, -0.2) is 29.4 Å². The van der Waals surface area contributed by atoms with Crippen LogP contribution in [0.5, 0.6) is 5.75 Å². The first kappa shape index (κ1) is 22.8. The Morgan fingerprint density at radius 1 is 0.853 bits per heavy atom. The molecule has 1 N–H and O–H groups in total. The van der Waals surface area contributed by atoms with Gasteiger partial charge in [0.05, 0.1) is 11.0 Å². The highest BCUT2D eigenvalue weighted by molar-refractivity contribution is 5.95. The highest BCUT2D eigenvalue weighted by Crippen LogP contribution is 2.24. The normalized spacial score (nSPS) is 11.4. The molecular weight excluding hydrogens is 453 g/mol. The molecule has 0 aliphatic rings. The summed E-state index contributed by atoms with van der Waals surface area (Å²) in [6.45, 7) is -0.840. The third-order valence-corrected chi connectivity index (χ3v) is 4.90. The number of pyridine rings is 1. The molecule has 34 heavy (non-hydrogen) atoms. The van der Waals surface area contributed by atoms with Gasteiger partial charge in [-0.05, 0) is 48.5 Å². The van der Waals surface area contributed by atoms with Crippen molar-refractivity contribution in [2.75, 3.05) is 11.9 Å². The first-order valence-corrected chi connectivity index (χ1v) is 10.0. The van der Waals surface area contributed by atoms with Crippen LogP contribution in [-0.2, 0) is 20.9 Å². The Morgan fingerprint density at radius 2 is 1.41 bits per heavy atom. The Morgan fingerprint density at radius 3 is 1.97 bits per heavy atom. The number of para-hydroxylation sites is 2. The van der Waals surface area contributed by atoms with E-state index in [1.807, 2.05) is 0 Å². The second kappa shape index (κ2) is 9.26. The van der Waals surface area contributed by atoms with Crippen LogP contribution in [0.15, 0.2) is 77.6 Å². The fourth-order valence-electron chi connectivity index (χ4n) is 3.51. The van der Waals surface area contributed by atoms with E-state index in [0.29, 0.717) is 21.8 Å². The number of anilines is 1. The molecule has 1 aromatic heterocycles. The zero-order valence-electron chi connectivity index (χ0n) is 17.5. The van der Waals surface area contributed by atoms with Gasteiger partial charge in [-0.1, -0.05) is 24.3 Å². The van der Waals surface area contributed by atoms with Gasteiger partial charge in [-0.2, -0.15) is 0 Å². The molecule has 0 atom stereocenters. The third kappa shape index (κ3) is 5.17. The number of carbonyl (C=O) groups excluding carboxylic acids is 2. The predicted octanol–water partition coefficient (Wildman–Crippen LogP) is 4.24. The molecule has 0 fully saturated rings. The molecule has 0 aliphatic carbocycles. The second-order valence-corrected chi connectivity index (χ2v) is 7.23. The summed E-state index contributed by atoms with van der Waals surface area (Å²) in [7, 11) is 0. The average molecular weight is 470 g/mol. The van der Waals surface area contributed by atoms with Crippen LogP contribution in [0, 0.1) is 0 Å².